The van der Waals surface area contributed by atoms with E-state index in [9.17, 15) is 5.11 Å². The molecular formula is C18H26Br2N2O. The molecule has 2 rings (SSSR count). The van der Waals surface area contributed by atoms with E-state index in [4.69, 9.17) is 0 Å². The first-order valence-electron chi connectivity index (χ1n) is 8.36. The molecule has 0 radical (unpaired) electrons. The second-order valence-corrected chi connectivity index (χ2v) is 7.70. The molecule has 1 fully saturated rings. The molecule has 23 heavy (non-hydrogen) atoms. The minimum Gasteiger partial charge on any atom is -0.393 e. The Hall–Kier alpha value is -0.360. The third-order valence-electron chi connectivity index (χ3n) is 4.36. The van der Waals surface area contributed by atoms with Crippen LogP contribution in [0.15, 0.2) is 27.2 Å². The van der Waals surface area contributed by atoms with Gasteiger partial charge in [-0.15, -0.1) is 0 Å². The van der Waals surface area contributed by atoms with Gasteiger partial charge in [0.2, 0.25) is 0 Å². The average Bonchev–Trinajstić information content (AvgIpc) is 2.52. The number of aliphatic hydroxyl groups excluding tert-OH is 1. The zero-order valence-corrected chi connectivity index (χ0v) is 17.1. The summed E-state index contributed by atoms with van der Waals surface area (Å²) < 4.78 is 2.21. The molecule has 0 spiro atoms. The lowest BCUT2D eigenvalue weighted by atomic mass is 10.1. The number of likely N-dealkylation sites (tertiary alicyclic amines) is 1. The number of benzene rings is 1. The molecule has 1 N–H and O–H groups in total. The first kappa shape index (κ1) is 19.0. The third kappa shape index (κ3) is 5.31. The van der Waals surface area contributed by atoms with Crippen LogP contribution in [0.25, 0.3) is 6.08 Å². The molecule has 0 saturated carbocycles. The fourth-order valence-corrected chi connectivity index (χ4v) is 4.53. The van der Waals surface area contributed by atoms with Crippen LogP contribution in [0.5, 0.6) is 0 Å². The highest BCUT2D eigenvalue weighted by Crippen LogP contribution is 2.34. The average molecular weight is 446 g/mol. The van der Waals surface area contributed by atoms with Gasteiger partial charge in [-0.1, -0.05) is 28.1 Å². The lowest BCUT2D eigenvalue weighted by molar-refractivity contribution is 0.0881. The Bertz CT molecular complexity index is 536. The molecule has 3 nitrogen and oxygen atoms in total. The normalized spacial score (nSPS) is 17.1. The minimum atomic E-state index is -0.106. The molecule has 128 valence electrons. The summed E-state index contributed by atoms with van der Waals surface area (Å²) in [5.41, 5.74) is 2.48. The number of piperidine rings is 1. The van der Waals surface area contributed by atoms with Gasteiger partial charge in [0.1, 0.15) is 0 Å². The van der Waals surface area contributed by atoms with E-state index in [-0.39, 0.29) is 6.10 Å². The Kier molecular flexibility index (Phi) is 7.60. The highest BCUT2D eigenvalue weighted by Gasteiger charge is 2.16. The number of nitrogens with zero attached hydrogens (tertiary/aromatic N) is 2. The first-order valence-corrected chi connectivity index (χ1v) is 9.94. The van der Waals surface area contributed by atoms with Crippen molar-refractivity contribution in [3.8, 4) is 0 Å². The summed E-state index contributed by atoms with van der Waals surface area (Å²) in [6, 6.07) is 4.28. The van der Waals surface area contributed by atoms with Crippen LogP contribution >= 0.6 is 31.9 Å². The number of rotatable bonds is 6. The smallest absolute Gasteiger partial charge is 0.0584 e. The van der Waals surface area contributed by atoms with E-state index in [1.807, 2.05) is 0 Å². The molecule has 1 heterocycles. The summed E-state index contributed by atoms with van der Waals surface area (Å²) in [5.74, 6) is 0. The SMILES string of the molecule is CCN(CC)c1c(Br)cc(Br)cc1C=CCN1CCC(O)CC1. The summed E-state index contributed by atoms with van der Waals surface area (Å²) in [6.07, 6.45) is 6.13. The summed E-state index contributed by atoms with van der Waals surface area (Å²) in [6.45, 7) is 9.25. The van der Waals surface area contributed by atoms with E-state index in [0.717, 1.165) is 54.5 Å². The molecule has 0 aromatic heterocycles. The molecule has 1 aromatic rings. The van der Waals surface area contributed by atoms with Crippen molar-refractivity contribution in [2.45, 2.75) is 32.8 Å². The van der Waals surface area contributed by atoms with Crippen molar-refractivity contribution in [3.63, 3.8) is 0 Å². The van der Waals surface area contributed by atoms with E-state index >= 15 is 0 Å². The lowest BCUT2D eigenvalue weighted by Gasteiger charge is -2.28. The maximum absolute atomic E-state index is 9.58. The van der Waals surface area contributed by atoms with E-state index in [1.165, 1.54) is 11.3 Å². The molecule has 1 aliphatic heterocycles. The van der Waals surface area contributed by atoms with Crippen molar-refractivity contribution in [2.24, 2.45) is 0 Å². The second kappa shape index (κ2) is 9.21. The van der Waals surface area contributed by atoms with Crippen molar-refractivity contribution in [1.82, 2.24) is 4.90 Å². The second-order valence-electron chi connectivity index (χ2n) is 5.93. The van der Waals surface area contributed by atoms with Gasteiger partial charge in [0, 0.05) is 41.7 Å². The Morgan fingerprint density at radius 3 is 2.48 bits per heavy atom. The Labute approximate surface area is 156 Å². The molecule has 0 aliphatic carbocycles. The predicted octanol–water partition coefficient (Wildman–Crippen LogP) is 4.53. The summed E-state index contributed by atoms with van der Waals surface area (Å²) >= 11 is 7.31. The quantitative estimate of drug-likeness (QED) is 0.696. The fraction of sp³-hybridized carbons (Fsp3) is 0.556. The van der Waals surface area contributed by atoms with Crippen LogP contribution in [-0.4, -0.2) is 48.8 Å². The summed E-state index contributed by atoms with van der Waals surface area (Å²) in [4.78, 5) is 4.76. The number of hydrogen-bond acceptors (Lipinski definition) is 3. The van der Waals surface area contributed by atoms with E-state index in [2.05, 4.69) is 79.8 Å². The van der Waals surface area contributed by atoms with Gasteiger partial charge < -0.3 is 10.0 Å². The number of hydrogen-bond donors (Lipinski definition) is 1. The van der Waals surface area contributed by atoms with Gasteiger partial charge in [0.15, 0.2) is 0 Å². The number of aliphatic hydroxyl groups is 1. The van der Waals surface area contributed by atoms with Gasteiger partial charge in [-0.05, 0) is 60.3 Å². The summed E-state index contributed by atoms with van der Waals surface area (Å²) in [7, 11) is 0. The van der Waals surface area contributed by atoms with Gasteiger partial charge in [0.05, 0.1) is 11.8 Å². The highest BCUT2D eigenvalue weighted by molar-refractivity contribution is 9.11. The van der Waals surface area contributed by atoms with E-state index in [0.29, 0.717) is 0 Å². The van der Waals surface area contributed by atoms with E-state index < -0.39 is 0 Å². The molecule has 1 aromatic carbocycles. The van der Waals surface area contributed by atoms with E-state index in [1.54, 1.807) is 0 Å². The molecule has 0 atom stereocenters. The zero-order valence-electron chi connectivity index (χ0n) is 13.9. The standard InChI is InChI=1S/C18H26Br2N2O/c1-3-22(4-2)18-14(12-15(19)13-17(18)20)6-5-9-21-10-7-16(23)8-11-21/h5-6,12-13,16,23H,3-4,7-11H2,1-2H3. The highest BCUT2D eigenvalue weighted by atomic mass is 79.9. The van der Waals surface area contributed by atoms with Crippen molar-refractivity contribution >= 4 is 43.6 Å². The van der Waals surface area contributed by atoms with Crippen molar-refractivity contribution in [1.29, 1.82) is 0 Å². The van der Waals surface area contributed by atoms with Gasteiger partial charge in [-0.25, -0.2) is 0 Å². The summed E-state index contributed by atoms with van der Waals surface area (Å²) in [5, 5.41) is 9.58. The Morgan fingerprint density at radius 1 is 1.22 bits per heavy atom. The van der Waals surface area contributed by atoms with Crippen LogP contribution in [-0.2, 0) is 0 Å². The van der Waals surface area contributed by atoms with Gasteiger partial charge in [0.25, 0.3) is 0 Å². The molecule has 5 heteroatoms. The van der Waals surface area contributed by atoms with Crippen molar-refractivity contribution in [3.05, 3.63) is 32.7 Å². The molecule has 1 saturated heterocycles. The first-order chi connectivity index (χ1) is 11.0. The zero-order chi connectivity index (χ0) is 16.8. The van der Waals surface area contributed by atoms with Gasteiger partial charge in [-0.2, -0.15) is 0 Å². The number of anilines is 1. The van der Waals surface area contributed by atoms with Crippen LogP contribution in [0.4, 0.5) is 5.69 Å². The molecular weight excluding hydrogens is 420 g/mol. The van der Waals surface area contributed by atoms with Crippen LogP contribution in [0, 0.1) is 0 Å². The predicted molar refractivity (Wildman–Crippen MR) is 106 cm³/mol. The minimum absolute atomic E-state index is 0.106. The third-order valence-corrected chi connectivity index (χ3v) is 5.42. The van der Waals surface area contributed by atoms with Gasteiger partial charge in [-0.3, -0.25) is 4.90 Å². The van der Waals surface area contributed by atoms with Crippen molar-refractivity contribution < 1.29 is 5.11 Å². The van der Waals surface area contributed by atoms with Crippen LogP contribution in [0.1, 0.15) is 32.3 Å². The monoisotopic (exact) mass is 444 g/mol. The van der Waals surface area contributed by atoms with Crippen LogP contribution in [0.3, 0.4) is 0 Å². The van der Waals surface area contributed by atoms with Crippen LogP contribution in [0.2, 0.25) is 0 Å². The Morgan fingerprint density at radius 2 is 1.87 bits per heavy atom. The lowest BCUT2D eigenvalue weighted by Crippen LogP contribution is -2.35. The molecule has 0 unspecified atom stereocenters. The van der Waals surface area contributed by atoms with Crippen LogP contribution < -0.4 is 4.90 Å². The molecule has 0 amide bonds. The maximum Gasteiger partial charge on any atom is 0.0584 e. The van der Waals surface area contributed by atoms with Gasteiger partial charge >= 0.3 is 0 Å². The number of halogens is 2. The topological polar surface area (TPSA) is 26.7 Å². The maximum atomic E-state index is 9.58. The molecule has 0 bridgehead atoms. The van der Waals surface area contributed by atoms with Crippen molar-refractivity contribution in [2.75, 3.05) is 37.6 Å². The Balaban J connectivity index is 2.13. The largest absolute Gasteiger partial charge is 0.393 e. The fourth-order valence-electron chi connectivity index (χ4n) is 3.02. The molecule has 1 aliphatic rings.